The van der Waals surface area contributed by atoms with Crippen molar-refractivity contribution in [3.05, 3.63) is 128 Å². The fraction of sp³-hybridized carbons (Fsp3) is 0.333. The van der Waals surface area contributed by atoms with Gasteiger partial charge in [0.05, 0.1) is 30.4 Å². The Morgan fingerprint density at radius 1 is 0.964 bits per heavy atom. The topological polar surface area (TPSA) is 120 Å². The van der Waals surface area contributed by atoms with E-state index in [1.807, 2.05) is 54.3 Å². The average Bonchev–Trinajstić information content (AvgIpc) is 3.84. The van der Waals surface area contributed by atoms with Gasteiger partial charge >= 0.3 is 0 Å². The molecule has 0 fully saturated rings. The summed E-state index contributed by atoms with van der Waals surface area (Å²) in [4.78, 5) is 49.4. The van der Waals surface area contributed by atoms with Gasteiger partial charge in [-0.1, -0.05) is 68.6 Å². The average molecular weight is 797 g/mol. The molecular formula is C42H49ClN6O4SSi. The van der Waals surface area contributed by atoms with Gasteiger partial charge in [-0.2, -0.15) is 5.10 Å². The van der Waals surface area contributed by atoms with Crippen LogP contribution in [-0.2, 0) is 19.5 Å². The molecule has 6 rings (SSSR count). The normalized spacial score (nSPS) is 13.9. The first-order chi connectivity index (χ1) is 26.7. The highest BCUT2D eigenvalue weighted by molar-refractivity contribution is 7.21. The van der Waals surface area contributed by atoms with Crippen molar-refractivity contribution in [1.29, 1.82) is 0 Å². The Balaban J connectivity index is 1.25. The van der Waals surface area contributed by atoms with Gasteiger partial charge < -0.3 is 25.2 Å². The van der Waals surface area contributed by atoms with Crippen molar-refractivity contribution in [2.24, 2.45) is 0 Å². The number of hydrogen-bond donors (Lipinski definition) is 3. The summed E-state index contributed by atoms with van der Waals surface area (Å²) in [7, 11) is -1.01. The summed E-state index contributed by atoms with van der Waals surface area (Å²) in [5.74, 6) is -0.470. The van der Waals surface area contributed by atoms with Crippen molar-refractivity contribution in [2.45, 2.75) is 72.0 Å². The molecule has 5 aromatic rings. The third-order valence-electron chi connectivity index (χ3n) is 9.95. The first-order valence-electron chi connectivity index (χ1n) is 19.0. The standard InChI is InChI=1S/C42H49ClN6O4SSi/c1-4-6-20-47(21-7-5-2)42(53)37-22-28(3)49(45-37)38-18-16-33(24-36(38)41(52)48-26-31-11-9-8-10-30(31)23-34(48)27-50)46-55-39-19-17-35(54-39)25-44-40(51)29-12-14-32(43)15-13-29/h8-19,22,24,34,46,50H,4-7,20-21,23,25-27,55H2,1-3H3,(H,44,51). The molecule has 1 unspecified atom stereocenters. The van der Waals surface area contributed by atoms with E-state index in [4.69, 9.17) is 16.7 Å². The van der Waals surface area contributed by atoms with Crippen LogP contribution < -0.4 is 14.8 Å². The second-order valence-corrected chi connectivity index (χ2v) is 17.6. The number of aryl methyl sites for hydroxylation is 1. The number of benzene rings is 3. The zero-order chi connectivity index (χ0) is 38.9. The number of anilines is 1. The summed E-state index contributed by atoms with van der Waals surface area (Å²) in [5, 5.41) is 18.8. The van der Waals surface area contributed by atoms with Crippen LogP contribution in [0.2, 0.25) is 5.02 Å². The molecule has 10 nitrogen and oxygen atoms in total. The van der Waals surface area contributed by atoms with E-state index >= 15 is 0 Å². The highest BCUT2D eigenvalue weighted by Gasteiger charge is 2.32. The van der Waals surface area contributed by atoms with Gasteiger partial charge in [0.2, 0.25) is 0 Å². The van der Waals surface area contributed by atoms with Crippen LogP contribution in [0.3, 0.4) is 0 Å². The number of halogens is 1. The molecule has 1 atom stereocenters. The third-order valence-corrected chi connectivity index (χ3v) is 13.2. The number of amides is 3. The summed E-state index contributed by atoms with van der Waals surface area (Å²) >= 11 is 7.62. The van der Waals surface area contributed by atoms with Crippen LogP contribution in [0.25, 0.3) is 5.69 Å². The number of carbonyl (C=O) groups is 3. The highest BCUT2D eigenvalue weighted by Crippen LogP contribution is 2.29. The molecule has 3 aromatic carbocycles. The highest BCUT2D eigenvalue weighted by atomic mass is 35.5. The molecule has 3 heterocycles. The minimum atomic E-state index is -1.01. The molecule has 288 valence electrons. The summed E-state index contributed by atoms with van der Waals surface area (Å²) in [5.41, 5.74) is 5.66. The van der Waals surface area contributed by atoms with Crippen molar-refractivity contribution >= 4 is 60.5 Å². The number of aromatic nitrogens is 2. The second-order valence-electron chi connectivity index (χ2n) is 14.0. The second kappa shape index (κ2) is 18.7. The number of rotatable bonds is 16. The van der Waals surface area contributed by atoms with E-state index < -0.39 is 9.68 Å². The number of aliphatic hydroxyl groups is 1. The zero-order valence-corrected chi connectivity index (χ0v) is 34.7. The number of aliphatic hydroxyl groups excluding tert-OH is 1. The fourth-order valence-electron chi connectivity index (χ4n) is 6.81. The minimum Gasteiger partial charge on any atom is -0.411 e. The summed E-state index contributed by atoms with van der Waals surface area (Å²) in [6, 6.07) is 26.1. The van der Waals surface area contributed by atoms with E-state index in [9.17, 15) is 19.5 Å². The monoisotopic (exact) mass is 796 g/mol. The Morgan fingerprint density at radius 3 is 2.40 bits per heavy atom. The lowest BCUT2D eigenvalue weighted by Crippen LogP contribution is -2.46. The third kappa shape index (κ3) is 9.74. The van der Waals surface area contributed by atoms with Gasteiger partial charge in [0.15, 0.2) is 15.4 Å². The maximum absolute atomic E-state index is 14.7. The number of thiophene rings is 1. The summed E-state index contributed by atoms with van der Waals surface area (Å²) in [6.07, 6.45) is 4.38. The van der Waals surface area contributed by atoms with Crippen molar-refractivity contribution < 1.29 is 19.5 Å². The molecule has 13 heteroatoms. The van der Waals surface area contributed by atoms with E-state index in [-0.39, 0.29) is 30.4 Å². The molecule has 0 bridgehead atoms. The van der Waals surface area contributed by atoms with E-state index in [0.717, 1.165) is 53.1 Å². The first-order valence-corrected chi connectivity index (χ1v) is 21.6. The number of carbonyl (C=O) groups excluding carboxylic acids is 3. The van der Waals surface area contributed by atoms with E-state index in [1.54, 1.807) is 51.3 Å². The lowest BCUT2D eigenvalue weighted by molar-refractivity contribution is 0.0544. The maximum atomic E-state index is 14.7. The molecule has 3 N–H and O–H groups in total. The molecule has 3 amide bonds. The molecule has 0 spiro atoms. The summed E-state index contributed by atoms with van der Waals surface area (Å²) in [6.45, 7) is 8.13. The molecule has 0 saturated carbocycles. The lowest BCUT2D eigenvalue weighted by atomic mass is 9.93. The number of hydrogen-bond acceptors (Lipinski definition) is 7. The van der Waals surface area contributed by atoms with Crippen molar-refractivity contribution in [3.8, 4) is 5.69 Å². The Morgan fingerprint density at radius 2 is 1.69 bits per heavy atom. The van der Waals surface area contributed by atoms with Crippen LogP contribution in [0.4, 0.5) is 5.69 Å². The lowest BCUT2D eigenvalue weighted by Gasteiger charge is -2.36. The number of unbranched alkanes of at least 4 members (excludes halogenated alkanes) is 2. The van der Waals surface area contributed by atoms with Crippen molar-refractivity contribution in [2.75, 3.05) is 24.7 Å². The van der Waals surface area contributed by atoms with Gasteiger partial charge in [-0.05, 0) is 91.9 Å². The Hall–Kier alpha value is -4.75. The van der Waals surface area contributed by atoms with Gasteiger partial charge in [0.1, 0.15) is 0 Å². The van der Waals surface area contributed by atoms with Gasteiger partial charge in [-0.15, -0.1) is 11.3 Å². The Kier molecular flexibility index (Phi) is 13.6. The zero-order valence-electron chi connectivity index (χ0n) is 31.7. The molecule has 2 aromatic heterocycles. The van der Waals surface area contributed by atoms with Gasteiger partial charge in [0.25, 0.3) is 17.7 Å². The molecule has 55 heavy (non-hydrogen) atoms. The van der Waals surface area contributed by atoms with Crippen LogP contribution in [0.1, 0.15) is 92.4 Å². The van der Waals surface area contributed by atoms with E-state index in [1.165, 1.54) is 4.50 Å². The van der Waals surface area contributed by atoms with Gasteiger partial charge in [-0.3, -0.25) is 14.4 Å². The van der Waals surface area contributed by atoms with Crippen LogP contribution in [0, 0.1) is 6.92 Å². The maximum Gasteiger partial charge on any atom is 0.274 e. The minimum absolute atomic E-state index is 0.103. The predicted molar refractivity (Wildman–Crippen MR) is 224 cm³/mol. The Bertz CT molecular complexity index is 2110. The molecule has 1 aliphatic heterocycles. The number of nitrogens with zero attached hydrogens (tertiary/aromatic N) is 4. The number of fused-ring (bicyclic) bond motifs is 1. The first kappa shape index (κ1) is 39.9. The van der Waals surface area contributed by atoms with Crippen LogP contribution in [0.5, 0.6) is 0 Å². The van der Waals surface area contributed by atoms with Crippen molar-refractivity contribution in [3.63, 3.8) is 0 Å². The fourth-order valence-corrected chi connectivity index (χ4v) is 9.59. The number of nitrogens with one attached hydrogen (secondary N) is 2. The van der Waals surface area contributed by atoms with Gasteiger partial charge in [-0.25, -0.2) is 4.68 Å². The van der Waals surface area contributed by atoms with Crippen molar-refractivity contribution in [1.82, 2.24) is 24.9 Å². The molecular weight excluding hydrogens is 748 g/mol. The Labute approximate surface area is 334 Å². The van der Waals surface area contributed by atoms with E-state index in [0.29, 0.717) is 60.1 Å². The molecule has 0 saturated heterocycles. The molecule has 1 aliphatic rings. The summed E-state index contributed by atoms with van der Waals surface area (Å²) < 4.78 is 2.90. The predicted octanol–water partition coefficient (Wildman–Crippen LogP) is 6.25. The van der Waals surface area contributed by atoms with Crippen LogP contribution in [-0.4, -0.2) is 77.8 Å². The van der Waals surface area contributed by atoms with Crippen LogP contribution >= 0.6 is 22.9 Å². The molecule has 0 radical (unpaired) electrons. The quantitative estimate of drug-likeness (QED) is 0.102. The molecule has 0 aliphatic carbocycles. The SMILES string of the molecule is CCCCN(CCCC)C(=O)c1cc(C)n(-c2ccc(N[SiH2]c3ccc(CNC(=O)c4ccc(Cl)cc4)s3)cc2C(=O)N2Cc3ccccc3CC2CO)n1. The van der Waals surface area contributed by atoms with Gasteiger partial charge in [0, 0.05) is 51.0 Å². The van der Waals surface area contributed by atoms with Crippen LogP contribution in [0.15, 0.2) is 84.9 Å². The van der Waals surface area contributed by atoms with E-state index in [2.05, 4.69) is 36.3 Å². The largest absolute Gasteiger partial charge is 0.411 e. The smallest absolute Gasteiger partial charge is 0.274 e.